The molecule has 2 aromatic heterocycles. The van der Waals surface area contributed by atoms with E-state index in [1.807, 2.05) is 0 Å². The van der Waals surface area contributed by atoms with Crippen molar-refractivity contribution < 1.29 is 26.4 Å². The second-order valence-electron chi connectivity index (χ2n) is 8.41. The summed E-state index contributed by atoms with van der Waals surface area (Å²) < 4.78 is 65.6. The molecule has 11 heteroatoms. The first-order chi connectivity index (χ1) is 16.8. The highest BCUT2D eigenvalue weighted by Gasteiger charge is 2.28. The van der Waals surface area contributed by atoms with Crippen LogP contribution in [0.25, 0.3) is 22.4 Å². The minimum absolute atomic E-state index is 0.253. The SMILES string of the molecule is CC(NC(=O)c1cc(C(C)(F)F)cc(S(C)(=O)=O)c1)c1nc2ccccc2nc1-c1ccc(F)cn1. The fourth-order valence-corrected chi connectivity index (χ4v) is 4.25. The van der Waals surface area contributed by atoms with Gasteiger partial charge >= 0.3 is 0 Å². The number of nitrogens with zero attached hydrogens (tertiary/aromatic N) is 3. The molecule has 0 aliphatic carbocycles. The zero-order valence-electron chi connectivity index (χ0n) is 19.5. The Morgan fingerprint density at radius 2 is 1.69 bits per heavy atom. The molecule has 186 valence electrons. The molecule has 0 spiro atoms. The molecule has 1 unspecified atom stereocenters. The minimum Gasteiger partial charge on any atom is -0.344 e. The first kappa shape index (κ1) is 25.2. The number of amides is 1. The normalized spacial score (nSPS) is 12.9. The van der Waals surface area contributed by atoms with Crippen molar-refractivity contribution in [1.29, 1.82) is 0 Å². The van der Waals surface area contributed by atoms with E-state index in [2.05, 4.69) is 20.3 Å². The van der Waals surface area contributed by atoms with Gasteiger partial charge in [0.05, 0.1) is 39.6 Å². The van der Waals surface area contributed by atoms with Gasteiger partial charge in [-0.1, -0.05) is 12.1 Å². The van der Waals surface area contributed by atoms with Gasteiger partial charge in [-0.05, 0) is 49.4 Å². The van der Waals surface area contributed by atoms with Crippen LogP contribution in [0.3, 0.4) is 0 Å². The Bertz CT molecular complexity index is 1570. The third kappa shape index (κ3) is 5.35. The highest BCUT2D eigenvalue weighted by Crippen LogP contribution is 2.31. The predicted octanol–water partition coefficient (Wildman–Crippen LogP) is 4.84. The molecular weight excluding hydrogens is 493 g/mol. The van der Waals surface area contributed by atoms with Crippen LogP contribution in [0.1, 0.15) is 41.5 Å². The van der Waals surface area contributed by atoms with Gasteiger partial charge in [-0.15, -0.1) is 0 Å². The lowest BCUT2D eigenvalue weighted by Crippen LogP contribution is -2.28. The maximum atomic E-state index is 14.0. The van der Waals surface area contributed by atoms with Crippen molar-refractivity contribution in [3.63, 3.8) is 0 Å². The fourth-order valence-electron chi connectivity index (χ4n) is 3.57. The average Bonchev–Trinajstić information content (AvgIpc) is 2.82. The summed E-state index contributed by atoms with van der Waals surface area (Å²) in [4.78, 5) is 25.9. The number of aromatic nitrogens is 3. The Morgan fingerprint density at radius 3 is 2.28 bits per heavy atom. The van der Waals surface area contributed by atoms with Crippen LogP contribution >= 0.6 is 0 Å². The molecule has 0 aliphatic heterocycles. The number of benzene rings is 2. The summed E-state index contributed by atoms with van der Waals surface area (Å²) in [5, 5.41) is 2.67. The summed E-state index contributed by atoms with van der Waals surface area (Å²) in [7, 11) is -3.87. The summed E-state index contributed by atoms with van der Waals surface area (Å²) in [5.74, 6) is -4.69. The van der Waals surface area contributed by atoms with Crippen LogP contribution in [0.4, 0.5) is 13.2 Å². The number of carbonyl (C=O) groups excluding carboxylic acids is 1. The maximum absolute atomic E-state index is 14.0. The molecule has 4 aromatic rings. The molecule has 1 N–H and O–H groups in total. The topological polar surface area (TPSA) is 102 Å². The van der Waals surface area contributed by atoms with Crippen LogP contribution in [0.5, 0.6) is 0 Å². The summed E-state index contributed by atoms with van der Waals surface area (Å²) >= 11 is 0. The lowest BCUT2D eigenvalue weighted by Gasteiger charge is -2.18. The molecule has 0 saturated heterocycles. The van der Waals surface area contributed by atoms with Gasteiger partial charge in [-0.2, -0.15) is 0 Å². The average molecular weight is 515 g/mol. The third-order valence-electron chi connectivity index (χ3n) is 5.43. The summed E-state index contributed by atoms with van der Waals surface area (Å²) in [5.41, 5.74) is 1.15. The molecule has 0 saturated carbocycles. The second kappa shape index (κ2) is 9.30. The third-order valence-corrected chi connectivity index (χ3v) is 6.52. The van der Waals surface area contributed by atoms with E-state index in [1.165, 1.54) is 12.1 Å². The summed E-state index contributed by atoms with van der Waals surface area (Å²) in [6.45, 7) is 2.23. The van der Waals surface area contributed by atoms with Crippen molar-refractivity contribution in [3.05, 3.63) is 83.4 Å². The van der Waals surface area contributed by atoms with Crippen LogP contribution in [0.15, 0.2) is 65.7 Å². The molecule has 0 aliphatic rings. The van der Waals surface area contributed by atoms with Gasteiger partial charge in [0.2, 0.25) is 0 Å². The Kier molecular flexibility index (Phi) is 6.52. The smallest absolute Gasteiger partial charge is 0.270 e. The van der Waals surface area contributed by atoms with Gasteiger partial charge < -0.3 is 5.32 Å². The first-order valence-corrected chi connectivity index (χ1v) is 12.6. The number of carbonyl (C=O) groups is 1. The molecule has 2 aromatic carbocycles. The zero-order chi connectivity index (χ0) is 26.3. The van der Waals surface area contributed by atoms with Gasteiger partial charge in [0.25, 0.3) is 11.8 Å². The van der Waals surface area contributed by atoms with Crippen LogP contribution in [-0.4, -0.2) is 35.5 Å². The van der Waals surface area contributed by atoms with E-state index in [4.69, 9.17) is 0 Å². The van der Waals surface area contributed by atoms with E-state index >= 15 is 0 Å². The molecule has 7 nitrogen and oxygen atoms in total. The molecule has 1 amide bonds. The summed E-state index contributed by atoms with van der Waals surface area (Å²) in [6.07, 6.45) is 1.90. The number of hydrogen-bond donors (Lipinski definition) is 1. The van der Waals surface area contributed by atoms with E-state index in [0.29, 0.717) is 35.0 Å². The number of hydrogen-bond acceptors (Lipinski definition) is 6. The molecule has 36 heavy (non-hydrogen) atoms. The Hall–Kier alpha value is -3.86. The number of sulfone groups is 1. The quantitative estimate of drug-likeness (QED) is 0.395. The van der Waals surface area contributed by atoms with Crippen molar-refractivity contribution in [3.8, 4) is 11.4 Å². The Labute approximate surface area is 205 Å². The van der Waals surface area contributed by atoms with E-state index in [0.717, 1.165) is 30.7 Å². The Balaban J connectivity index is 1.76. The van der Waals surface area contributed by atoms with Crippen LogP contribution < -0.4 is 5.32 Å². The maximum Gasteiger partial charge on any atom is 0.270 e. The van der Waals surface area contributed by atoms with E-state index in [9.17, 15) is 26.4 Å². The minimum atomic E-state index is -3.87. The van der Waals surface area contributed by atoms with E-state index in [1.54, 1.807) is 31.2 Å². The van der Waals surface area contributed by atoms with Crippen molar-refractivity contribution in [1.82, 2.24) is 20.3 Å². The number of pyridine rings is 1. The number of halogens is 3. The Morgan fingerprint density at radius 1 is 1.03 bits per heavy atom. The van der Waals surface area contributed by atoms with Crippen LogP contribution in [0, 0.1) is 5.82 Å². The lowest BCUT2D eigenvalue weighted by atomic mass is 10.0. The molecule has 0 bridgehead atoms. The van der Waals surface area contributed by atoms with Crippen LogP contribution in [0.2, 0.25) is 0 Å². The van der Waals surface area contributed by atoms with E-state index < -0.39 is 44.0 Å². The zero-order valence-corrected chi connectivity index (χ0v) is 20.3. The number of para-hydroxylation sites is 2. The van der Waals surface area contributed by atoms with Crippen molar-refractivity contribution in [2.75, 3.05) is 6.26 Å². The second-order valence-corrected chi connectivity index (χ2v) is 10.4. The highest BCUT2D eigenvalue weighted by molar-refractivity contribution is 7.90. The standard InChI is InChI=1S/C25H21F3N4O3S/c1-14(30-24(33)15-10-16(25(2,27)28)12-18(11-15)36(3,34)35)22-23(21-9-8-17(26)13-29-21)32-20-7-5-4-6-19(20)31-22/h4-14H,1-3H3,(H,30,33). The molecule has 0 fully saturated rings. The number of rotatable bonds is 6. The van der Waals surface area contributed by atoms with E-state index in [-0.39, 0.29) is 5.56 Å². The monoisotopic (exact) mass is 514 g/mol. The van der Waals surface area contributed by atoms with Gasteiger partial charge in [0.15, 0.2) is 9.84 Å². The van der Waals surface area contributed by atoms with Crippen LogP contribution in [-0.2, 0) is 15.8 Å². The molecular formula is C25H21F3N4O3S. The first-order valence-electron chi connectivity index (χ1n) is 10.8. The molecule has 2 heterocycles. The molecule has 4 rings (SSSR count). The van der Waals surface area contributed by atoms with Gasteiger partial charge in [-0.25, -0.2) is 31.6 Å². The predicted molar refractivity (Wildman–Crippen MR) is 128 cm³/mol. The molecule has 0 radical (unpaired) electrons. The molecule has 1 atom stereocenters. The van der Waals surface area contributed by atoms with Crippen molar-refractivity contribution in [2.24, 2.45) is 0 Å². The van der Waals surface area contributed by atoms with Crippen molar-refractivity contribution >= 4 is 26.8 Å². The van der Waals surface area contributed by atoms with Gasteiger partial charge in [0.1, 0.15) is 11.5 Å². The number of alkyl halides is 2. The van der Waals surface area contributed by atoms with Gasteiger partial charge in [0, 0.05) is 24.3 Å². The fraction of sp³-hybridized carbons (Fsp3) is 0.200. The highest BCUT2D eigenvalue weighted by atomic mass is 32.2. The largest absolute Gasteiger partial charge is 0.344 e. The summed E-state index contributed by atoms with van der Waals surface area (Å²) in [6, 6.07) is 11.7. The number of fused-ring (bicyclic) bond motifs is 1. The van der Waals surface area contributed by atoms with Gasteiger partial charge in [-0.3, -0.25) is 9.78 Å². The lowest BCUT2D eigenvalue weighted by molar-refractivity contribution is 0.0172. The van der Waals surface area contributed by atoms with Crippen molar-refractivity contribution in [2.45, 2.75) is 30.7 Å². The number of nitrogens with one attached hydrogen (secondary N) is 1.